The van der Waals surface area contributed by atoms with Gasteiger partial charge in [0, 0.05) is 83.0 Å². The zero-order valence-electron chi connectivity index (χ0n) is 38.9. The number of hydrogen-bond donors (Lipinski definition) is 4. The molecule has 0 saturated carbocycles. The van der Waals surface area contributed by atoms with Crippen LogP contribution in [0.5, 0.6) is 5.75 Å². The number of fused-ring (bicyclic) bond motifs is 7. The van der Waals surface area contributed by atoms with Gasteiger partial charge in [-0.25, -0.2) is 4.99 Å². The van der Waals surface area contributed by atoms with Gasteiger partial charge in [-0.3, -0.25) is 10.4 Å². The van der Waals surface area contributed by atoms with E-state index < -0.39 is 0 Å². The molecule has 1 aliphatic heterocycles. The van der Waals surface area contributed by atoms with Gasteiger partial charge in [-0.2, -0.15) is 0 Å². The first kappa shape index (κ1) is 42.1. The molecule has 9 heteroatoms. The van der Waals surface area contributed by atoms with Crippen LogP contribution in [0.15, 0.2) is 93.3 Å². The van der Waals surface area contributed by atoms with Crippen molar-refractivity contribution >= 4 is 103 Å². The van der Waals surface area contributed by atoms with E-state index in [4.69, 9.17) is 30.2 Å². The highest BCUT2D eigenvalue weighted by Crippen LogP contribution is 2.55. The van der Waals surface area contributed by atoms with Crippen LogP contribution in [-0.4, -0.2) is 35.4 Å². The summed E-state index contributed by atoms with van der Waals surface area (Å²) in [4.78, 5) is 7.10. The minimum atomic E-state index is 0.275. The number of aryl methyl sites for hydroxylation is 3. The number of thiol groups is 2. The molecule has 324 valence electrons. The Morgan fingerprint density at radius 2 is 1.42 bits per heavy atom. The molecule has 6 aromatic carbocycles. The Labute approximate surface area is 397 Å². The normalized spacial score (nSPS) is 14.1. The van der Waals surface area contributed by atoms with E-state index >= 15 is 0 Å². The third kappa shape index (κ3) is 5.77. The molecule has 0 unspecified atom stereocenters. The monoisotopic (exact) mass is 904 g/mol. The number of thiophene rings is 1. The Balaban J connectivity index is 1.18. The number of allylic oxidation sites excluding steroid dienone is 3. The molecule has 2 aliphatic carbocycles. The van der Waals surface area contributed by atoms with Crippen LogP contribution in [0, 0.1) is 55.4 Å². The Morgan fingerprint density at radius 1 is 0.738 bits per heavy atom. The highest BCUT2D eigenvalue weighted by molar-refractivity contribution is 7.80. The predicted octanol–water partition coefficient (Wildman–Crippen LogP) is 13.1. The van der Waals surface area contributed by atoms with E-state index in [2.05, 4.69) is 153 Å². The SMILES string of the molecule is Bc1c(S)c(O)c2c3c1-n1c4c(C)c(C)c(C)c(C)c4c4c(C)c(S)c(C)c(c41)Cc1c(C)c(NN(C)/C(=N\C(=C)C4=CCCC=C4)c4cccc5sc6ccccc6c45)c(C)c(c1-3)C2. The summed E-state index contributed by atoms with van der Waals surface area (Å²) in [5, 5.41) is 19.3. The van der Waals surface area contributed by atoms with Gasteiger partial charge in [0.2, 0.25) is 0 Å². The molecule has 2 aromatic heterocycles. The number of phenolic OH excluding ortho intramolecular Hbond substituents is 1. The third-order valence-electron chi connectivity index (χ3n) is 15.4. The highest BCUT2D eigenvalue weighted by Gasteiger charge is 2.38. The fraction of sp³-hybridized carbons (Fsp3) is 0.232. The first-order chi connectivity index (χ1) is 31.1. The Bertz CT molecular complexity index is 3640. The Kier molecular flexibility index (Phi) is 9.68. The molecule has 0 radical (unpaired) electrons. The van der Waals surface area contributed by atoms with Crippen LogP contribution in [0.3, 0.4) is 0 Å². The maximum atomic E-state index is 12.2. The van der Waals surface area contributed by atoms with Crippen LogP contribution in [0.4, 0.5) is 5.69 Å². The number of aromatic hydroxyl groups is 1. The van der Waals surface area contributed by atoms with Crippen molar-refractivity contribution in [2.24, 2.45) is 4.99 Å². The van der Waals surface area contributed by atoms with Gasteiger partial charge in [0.05, 0.1) is 22.4 Å². The number of nitrogens with one attached hydrogen (secondary N) is 1. The van der Waals surface area contributed by atoms with E-state index in [9.17, 15) is 5.11 Å². The largest absolute Gasteiger partial charge is 0.506 e. The summed E-state index contributed by atoms with van der Waals surface area (Å²) in [6.07, 6.45) is 9.90. The second kappa shape index (κ2) is 15.0. The van der Waals surface area contributed by atoms with E-state index in [0.717, 1.165) is 73.9 Å². The predicted molar refractivity (Wildman–Crippen MR) is 287 cm³/mol. The molecular weight excluding hydrogens is 852 g/mol. The van der Waals surface area contributed by atoms with Gasteiger partial charge in [0.25, 0.3) is 0 Å². The van der Waals surface area contributed by atoms with Crippen LogP contribution in [-0.2, 0) is 12.8 Å². The highest BCUT2D eigenvalue weighted by atomic mass is 32.1. The third-order valence-corrected chi connectivity index (χ3v) is 17.8. The standard InChI is InChI=1S/C56H53BN4OS3/c1-25-26(2)28(4)50-43(27(25)3)44-32(8)54(63)31(7)39-23-37-29(5)49(30(6)38-24-40-47(46(37)38)52(61(50)51(39)44)48(57)55(64)53(40)62)59-60(10)56(58-33(9)34-17-12-11-13-18-34)36-20-16-22-42-45(36)35-19-14-15-21-41(35)65-42/h12,14-22,59,62-64H,9,11,13,23-24,57H2,1-8,10H3/b58-56-. The van der Waals surface area contributed by atoms with Crippen molar-refractivity contribution in [3.05, 3.63) is 151 Å². The van der Waals surface area contributed by atoms with E-state index in [0.29, 0.717) is 17.7 Å². The lowest BCUT2D eigenvalue weighted by atomic mass is 9.81. The van der Waals surface area contributed by atoms with Crippen LogP contribution < -0.4 is 10.9 Å². The van der Waals surface area contributed by atoms with Crippen molar-refractivity contribution in [1.29, 1.82) is 0 Å². The molecule has 0 spiro atoms. The number of amidine groups is 1. The molecule has 0 saturated heterocycles. The van der Waals surface area contributed by atoms with Crippen molar-refractivity contribution < 1.29 is 5.11 Å². The van der Waals surface area contributed by atoms with Crippen molar-refractivity contribution in [3.8, 4) is 22.6 Å². The summed E-state index contributed by atoms with van der Waals surface area (Å²) >= 11 is 12.2. The smallest absolute Gasteiger partial charge is 0.155 e. The minimum absolute atomic E-state index is 0.275. The maximum Gasteiger partial charge on any atom is 0.155 e. The number of hydrazine groups is 1. The number of aromatic nitrogens is 1. The number of hydrogen-bond acceptors (Lipinski definition) is 6. The van der Waals surface area contributed by atoms with Crippen LogP contribution in [0.25, 0.3) is 58.8 Å². The molecule has 65 heavy (non-hydrogen) atoms. The Morgan fingerprint density at radius 3 is 2.14 bits per heavy atom. The molecule has 5 nitrogen and oxygen atoms in total. The number of aliphatic imine (C=N–C) groups is 1. The van der Waals surface area contributed by atoms with Gasteiger partial charge in [-0.1, -0.05) is 55.1 Å². The molecule has 8 aromatic rings. The van der Waals surface area contributed by atoms with Crippen molar-refractivity contribution in [1.82, 2.24) is 9.58 Å². The summed E-state index contributed by atoms with van der Waals surface area (Å²) < 4.78 is 5.04. The molecule has 0 bridgehead atoms. The summed E-state index contributed by atoms with van der Waals surface area (Å²) in [6, 6.07) is 15.2. The molecular formula is C56H53BN4OS3. The first-order valence-electron chi connectivity index (χ1n) is 22.7. The van der Waals surface area contributed by atoms with Gasteiger partial charge >= 0.3 is 0 Å². The molecule has 0 fully saturated rings. The second-order valence-electron chi connectivity index (χ2n) is 18.7. The number of phenols is 1. The van der Waals surface area contributed by atoms with Gasteiger partial charge < -0.3 is 9.67 Å². The first-order valence-corrected chi connectivity index (χ1v) is 24.4. The summed E-state index contributed by atoms with van der Waals surface area (Å²) in [5.41, 5.74) is 29.4. The fourth-order valence-corrected chi connectivity index (χ4v) is 13.2. The van der Waals surface area contributed by atoms with E-state index in [1.54, 1.807) is 0 Å². The minimum Gasteiger partial charge on any atom is -0.506 e. The van der Waals surface area contributed by atoms with Crippen LogP contribution in [0.2, 0.25) is 0 Å². The maximum absolute atomic E-state index is 12.2. The van der Waals surface area contributed by atoms with Crippen molar-refractivity contribution in [2.45, 2.75) is 90.9 Å². The number of nitrogens with zero attached hydrogens (tertiary/aromatic N) is 3. The van der Waals surface area contributed by atoms with Gasteiger partial charge in [-0.15, -0.1) is 36.6 Å². The van der Waals surface area contributed by atoms with Crippen LogP contribution >= 0.6 is 36.6 Å². The summed E-state index contributed by atoms with van der Waals surface area (Å²) in [7, 11) is 4.22. The average Bonchev–Trinajstić information content (AvgIpc) is 4.00. The number of rotatable bonds is 5. The van der Waals surface area contributed by atoms with E-state index in [-0.39, 0.29) is 5.75 Å². The van der Waals surface area contributed by atoms with Crippen LogP contribution in [0.1, 0.15) is 85.2 Å². The van der Waals surface area contributed by atoms with Gasteiger partial charge in [-0.05, 0) is 158 Å². The lowest BCUT2D eigenvalue weighted by molar-refractivity contribution is 0.458. The molecule has 2 N–H and O–H groups in total. The topological polar surface area (TPSA) is 52.8 Å². The zero-order chi connectivity index (χ0) is 45.7. The number of anilines is 1. The Hall–Kier alpha value is -5.61. The molecule has 3 aliphatic rings. The molecule has 3 heterocycles. The summed E-state index contributed by atoms with van der Waals surface area (Å²) in [5.74, 6) is 1.07. The van der Waals surface area contributed by atoms with Gasteiger partial charge in [0.1, 0.15) is 13.6 Å². The molecule has 11 rings (SSSR count). The van der Waals surface area contributed by atoms with E-state index in [1.807, 2.05) is 11.3 Å². The lowest BCUT2D eigenvalue weighted by Gasteiger charge is -2.31. The molecule has 0 atom stereocenters. The second-order valence-corrected chi connectivity index (χ2v) is 20.6. The molecule has 0 amide bonds. The fourth-order valence-electron chi connectivity index (χ4n) is 11.6. The lowest BCUT2D eigenvalue weighted by Crippen LogP contribution is -2.34. The number of benzene rings is 6. The van der Waals surface area contributed by atoms with Crippen molar-refractivity contribution in [2.75, 3.05) is 12.5 Å². The van der Waals surface area contributed by atoms with Gasteiger partial charge in [0.15, 0.2) is 5.84 Å². The zero-order valence-corrected chi connectivity index (χ0v) is 41.5. The average molecular weight is 905 g/mol. The summed E-state index contributed by atoms with van der Waals surface area (Å²) in [6.45, 7) is 22.6. The quantitative estimate of drug-likeness (QED) is 0.0458. The van der Waals surface area contributed by atoms with Crippen molar-refractivity contribution in [3.63, 3.8) is 0 Å². The van der Waals surface area contributed by atoms with E-state index in [1.165, 1.54) is 103 Å².